The summed E-state index contributed by atoms with van der Waals surface area (Å²) in [5.41, 5.74) is 5.46. The number of amidine groups is 1. The third-order valence-corrected chi connectivity index (χ3v) is 5.68. The van der Waals surface area contributed by atoms with Crippen LogP contribution in [0.5, 0.6) is 0 Å². The van der Waals surface area contributed by atoms with Gasteiger partial charge in [-0.15, -0.1) is 0 Å². The monoisotopic (exact) mass is 279 g/mol. The van der Waals surface area contributed by atoms with E-state index < -0.39 is 5.41 Å². The van der Waals surface area contributed by atoms with Crippen LogP contribution in [-0.4, -0.2) is 23.5 Å². The summed E-state index contributed by atoms with van der Waals surface area (Å²) in [5.74, 6) is 0.888. The molecule has 0 aromatic rings. The molecule has 0 bridgehead atoms. The van der Waals surface area contributed by atoms with Gasteiger partial charge in [0.2, 0.25) is 5.91 Å². The average Bonchev–Trinajstić information content (AvgIpc) is 3.37. The Labute approximate surface area is 120 Å². The van der Waals surface area contributed by atoms with E-state index in [2.05, 4.69) is 10.5 Å². The molecule has 4 N–H and O–H groups in total. The van der Waals surface area contributed by atoms with Gasteiger partial charge in [0.05, 0.1) is 0 Å². The van der Waals surface area contributed by atoms with Gasteiger partial charge in [0, 0.05) is 6.54 Å². The second kappa shape index (κ2) is 4.93. The predicted molar refractivity (Wildman–Crippen MR) is 76.3 cm³/mol. The molecule has 5 heteroatoms. The van der Waals surface area contributed by atoms with E-state index in [1.165, 1.54) is 25.7 Å². The smallest absolute Gasteiger partial charge is 0.233 e. The van der Waals surface area contributed by atoms with Crippen molar-refractivity contribution < 1.29 is 10.0 Å². The fourth-order valence-corrected chi connectivity index (χ4v) is 3.86. The molecule has 5 nitrogen and oxygen atoms in total. The summed E-state index contributed by atoms with van der Waals surface area (Å²) < 4.78 is 0. The lowest BCUT2D eigenvalue weighted by Gasteiger charge is -2.35. The van der Waals surface area contributed by atoms with Gasteiger partial charge in [-0.1, -0.05) is 24.4 Å². The SMILES string of the molecule is NC(=NO)C1(C(=O)NCC2(C3CC3)CC2)CCCCC1. The summed E-state index contributed by atoms with van der Waals surface area (Å²) in [5, 5.41) is 15.3. The van der Waals surface area contributed by atoms with Gasteiger partial charge in [-0.25, -0.2) is 0 Å². The quantitative estimate of drug-likeness (QED) is 0.311. The molecule has 3 rings (SSSR count). The predicted octanol–water partition coefficient (Wildman–Crippen LogP) is 1.99. The third kappa shape index (κ3) is 2.27. The topological polar surface area (TPSA) is 87.7 Å². The van der Waals surface area contributed by atoms with Gasteiger partial charge in [-0.05, 0) is 49.9 Å². The number of nitrogens with one attached hydrogen (secondary N) is 1. The standard InChI is InChI=1S/C15H25N3O2/c16-12(18-20)15(6-2-1-3-7-15)13(19)17-10-14(8-9-14)11-4-5-11/h11,20H,1-10H2,(H2,16,18)(H,17,19). The number of nitrogens with zero attached hydrogens (tertiary/aromatic N) is 1. The molecule has 0 spiro atoms. The number of oxime groups is 1. The highest BCUT2D eigenvalue weighted by Gasteiger charge is 2.54. The van der Waals surface area contributed by atoms with Crippen LogP contribution in [0.15, 0.2) is 5.16 Å². The van der Waals surface area contributed by atoms with Gasteiger partial charge in [0.15, 0.2) is 5.84 Å². The van der Waals surface area contributed by atoms with E-state index in [9.17, 15) is 4.79 Å². The number of carbonyl (C=O) groups is 1. The van der Waals surface area contributed by atoms with Crippen LogP contribution in [0.2, 0.25) is 0 Å². The highest BCUT2D eigenvalue weighted by atomic mass is 16.4. The van der Waals surface area contributed by atoms with Crippen molar-refractivity contribution >= 4 is 11.7 Å². The van der Waals surface area contributed by atoms with Gasteiger partial charge in [0.1, 0.15) is 5.41 Å². The first kappa shape index (κ1) is 13.7. The summed E-state index contributed by atoms with van der Waals surface area (Å²) >= 11 is 0. The second-order valence-electron chi connectivity index (χ2n) is 6.95. The van der Waals surface area contributed by atoms with Crippen molar-refractivity contribution in [3.8, 4) is 0 Å². The molecule has 0 unspecified atom stereocenters. The molecule has 0 heterocycles. The molecule has 0 saturated heterocycles. The maximum atomic E-state index is 12.7. The van der Waals surface area contributed by atoms with E-state index in [0.717, 1.165) is 31.7 Å². The summed E-state index contributed by atoms with van der Waals surface area (Å²) in [4.78, 5) is 12.7. The zero-order chi connectivity index (χ0) is 14.2. The van der Waals surface area contributed by atoms with Gasteiger partial charge in [-0.3, -0.25) is 4.79 Å². The minimum Gasteiger partial charge on any atom is -0.409 e. The largest absolute Gasteiger partial charge is 0.409 e. The minimum absolute atomic E-state index is 0.0283. The molecule has 0 aromatic heterocycles. The number of hydrogen-bond acceptors (Lipinski definition) is 3. The molecule has 0 aromatic carbocycles. The Hall–Kier alpha value is -1.26. The van der Waals surface area contributed by atoms with Gasteiger partial charge in [0.25, 0.3) is 0 Å². The van der Waals surface area contributed by atoms with Crippen molar-refractivity contribution in [1.29, 1.82) is 0 Å². The maximum absolute atomic E-state index is 12.7. The Kier molecular flexibility index (Phi) is 3.38. The van der Waals surface area contributed by atoms with Crippen molar-refractivity contribution in [1.82, 2.24) is 5.32 Å². The van der Waals surface area contributed by atoms with Crippen LogP contribution in [0.4, 0.5) is 0 Å². The number of amides is 1. The highest BCUT2D eigenvalue weighted by Crippen LogP contribution is 2.60. The molecular formula is C15H25N3O2. The van der Waals surface area contributed by atoms with E-state index in [1.807, 2.05) is 0 Å². The Morgan fingerprint density at radius 3 is 2.35 bits per heavy atom. The third-order valence-electron chi connectivity index (χ3n) is 5.68. The van der Waals surface area contributed by atoms with E-state index in [1.54, 1.807) is 0 Å². The molecule has 0 radical (unpaired) electrons. The molecule has 3 aliphatic carbocycles. The molecule has 0 aliphatic heterocycles. The van der Waals surface area contributed by atoms with Gasteiger partial charge >= 0.3 is 0 Å². The molecular weight excluding hydrogens is 254 g/mol. The lowest BCUT2D eigenvalue weighted by atomic mass is 9.72. The molecule has 112 valence electrons. The normalized spacial score (nSPS) is 27.9. The Morgan fingerprint density at radius 2 is 1.85 bits per heavy atom. The van der Waals surface area contributed by atoms with Gasteiger partial charge in [-0.2, -0.15) is 0 Å². The van der Waals surface area contributed by atoms with E-state index >= 15 is 0 Å². The number of rotatable bonds is 5. The highest BCUT2D eigenvalue weighted by molar-refractivity contribution is 6.06. The summed E-state index contributed by atoms with van der Waals surface area (Å²) in [7, 11) is 0. The van der Waals surface area contributed by atoms with Crippen molar-refractivity contribution in [2.45, 2.75) is 57.8 Å². The van der Waals surface area contributed by atoms with E-state index in [-0.39, 0.29) is 11.7 Å². The zero-order valence-corrected chi connectivity index (χ0v) is 12.0. The molecule has 1 amide bonds. The first-order valence-corrected chi connectivity index (χ1v) is 7.89. The van der Waals surface area contributed by atoms with Crippen molar-refractivity contribution in [3.05, 3.63) is 0 Å². The van der Waals surface area contributed by atoms with Crippen LogP contribution in [-0.2, 0) is 4.79 Å². The van der Waals surface area contributed by atoms with Crippen molar-refractivity contribution in [3.63, 3.8) is 0 Å². The molecule has 3 fully saturated rings. The van der Waals surface area contributed by atoms with Crippen LogP contribution in [0.1, 0.15) is 57.8 Å². The number of carbonyl (C=O) groups excluding carboxylic acids is 1. The minimum atomic E-state index is -0.771. The first-order valence-electron chi connectivity index (χ1n) is 7.89. The van der Waals surface area contributed by atoms with Crippen molar-refractivity contribution in [2.75, 3.05) is 6.54 Å². The first-order chi connectivity index (χ1) is 9.63. The molecule has 20 heavy (non-hydrogen) atoms. The van der Waals surface area contributed by atoms with Gasteiger partial charge < -0.3 is 16.3 Å². The summed E-state index contributed by atoms with van der Waals surface area (Å²) in [6.07, 6.45) is 9.59. The van der Waals surface area contributed by atoms with Crippen molar-refractivity contribution in [2.24, 2.45) is 27.6 Å². The van der Waals surface area contributed by atoms with Crippen LogP contribution >= 0.6 is 0 Å². The second-order valence-corrected chi connectivity index (χ2v) is 6.95. The lowest BCUT2D eigenvalue weighted by Crippen LogP contribution is -2.52. The van der Waals surface area contributed by atoms with Crippen LogP contribution in [0.3, 0.4) is 0 Å². The average molecular weight is 279 g/mol. The zero-order valence-electron chi connectivity index (χ0n) is 12.0. The van der Waals surface area contributed by atoms with Crippen LogP contribution in [0, 0.1) is 16.7 Å². The van der Waals surface area contributed by atoms with Crippen LogP contribution < -0.4 is 11.1 Å². The van der Waals surface area contributed by atoms with E-state index in [0.29, 0.717) is 18.3 Å². The maximum Gasteiger partial charge on any atom is 0.233 e. The molecule has 3 saturated carbocycles. The Bertz CT molecular complexity index is 419. The lowest BCUT2D eigenvalue weighted by molar-refractivity contribution is -0.129. The molecule has 3 aliphatic rings. The number of hydrogen-bond donors (Lipinski definition) is 3. The summed E-state index contributed by atoms with van der Waals surface area (Å²) in [6, 6.07) is 0. The fraction of sp³-hybridized carbons (Fsp3) is 0.867. The van der Waals surface area contributed by atoms with Crippen LogP contribution in [0.25, 0.3) is 0 Å². The molecule has 0 atom stereocenters. The Balaban J connectivity index is 1.66. The Morgan fingerprint density at radius 1 is 1.20 bits per heavy atom. The van der Waals surface area contributed by atoms with E-state index in [4.69, 9.17) is 10.9 Å². The number of nitrogens with two attached hydrogens (primary N) is 1. The fourth-order valence-electron chi connectivity index (χ4n) is 3.86. The summed E-state index contributed by atoms with van der Waals surface area (Å²) in [6.45, 7) is 0.775.